The third-order valence-electron chi connectivity index (χ3n) is 6.58. The van der Waals surface area contributed by atoms with E-state index in [4.69, 9.17) is 16.3 Å². The first-order valence-electron chi connectivity index (χ1n) is 12.2. The second kappa shape index (κ2) is 11.6. The van der Waals surface area contributed by atoms with E-state index < -0.39 is 22.0 Å². The average molecular weight is 547 g/mol. The number of urea groups is 1. The number of rotatable bonds is 7. The third-order valence-corrected chi connectivity index (χ3v) is 8.74. The minimum atomic E-state index is -3.61. The second-order valence-electron chi connectivity index (χ2n) is 8.92. The normalized spacial score (nSPS) is 19.9. The molecule has 0 aromatic heterocycles. The summed E-state index contributed by atoms with van der Waals surface area (Å²) in [5, 5.41) is 3.44. The number of benzene rings is 2. The predicted molar refractivity (Wildman–Crippen MR) is 140 cm³/mol. The summed E-state index contributed by atoms with van der Waals surface area (Å²) in [4.78, 5) is 29.9. The first-order valence-corrected chi connectivity index (χ1v) is 14.0. The van der Waals surface area contributed by atoms with Crippen molar-refractivity contribution in [2.24, 2.45) is 0 Å². The van der Waals surface area contributed by atoms with Crippen molar-refractivity contribution >= 4 is 33.6 Å². The number of esters is 1. The molecule has 2 aliphatic rings. The van der Waals surface area contributed by atoms with Crippen LogP contribution in [0.2, 0.25) is 5.02 Å². The van der Waals surface area contributed by atoms with E-state index in [1.54, 1.807) is 68.6 Å². The van der Waals surface area contributed by atoms with Crippen LogP contribution in [0.25, 0.3) is 0 Å². The molecule has 0 spiro atoms. The number of nitrogens with zero attached hydrogens (tertiary/aromatic N) is 3. The molecule has 4 rings (SSSR count). The molecule has 11 heteroatoms. The van der Waals surface area contributed by atoms with Gasteiger partial charge in [-0.05, 0) is 49.7 Å². The van der Waals surface area contributed by atoms with E-state index >= 15 is 0 Å². The van der Waals surface area contributed by atoms with Crippen molar-refractivity contribution in [1.29, 1.82) is 0 Å². The number of likely N-dealkylation sites (N-methyl/N-ethyl adjacent to an activating group) is 1. The smallest absolute Gasteiger partial charge is 0.338 e. The first-order chi connectivity index (χ1) is 17.7. The average Bonchev–Trinajstić information content (AvgIpc) is 3.14. The van der Waals surface area contributed by atoms with Gasteiger partial charge in [-0.3, -0.25) is 9.80 Å². The summed E-state index contributed by atoms with van der Waals surface area (Å²) in [6.45, 7) is 3.97. The highest BCUT2D eigenvalue weighted by Crippen LogP contribution is 2.32. The standard InChI is InChI=1S/C26H31ClN4O5S/c1-3-36-25(32)23-22(29(2)26(33)28-24(23)19-10-12-20(27)13-11-19)18-30-14-7-15-31(17-16-30)37(34,35)21-8-5-4-6-9-21/h4-6,8-13,24H,3,7,14-18H2,1-2H3,(H,28,33). The summed E-state index contributed by atoms with van der Waals surface area (Å²) in [5.74, 6) is -0.507. The molecule has 2 aliphatic heterocycles. The van der Waals surface area contributed by atoms with Gasteiger partial charge in [0.25, 0.3) is 0 Å². The molecule has 0 radical (unpaired) electrons. The number of carbonyl (C=O) groups is 2. The van der Waals surface area contributed by atoms with Gasteiger partial charge in [-0.25, -0.2) is 18.0 Å². The lowest BCUT2D eigenvalue weighted by molar-refractivity contribution is -0.139. The van der Waals surface area contributed by atoms with Crippen molar-refractivity contribution in [3.05, 3.63) is 76.5 Å². The van der Waals surface area contributed by atoms with E-state index in [9.17, 15) is 18.0 Å². The van der Waals surface area contributed by atoms with E-state index in [0.717, 1.165) is 0 Å². The fourth-order valence-electron chi connectivity index (χ4n) is 4.60. The Bertz CT molecular complexity index is 1270. The Labute approximate surface area is 222 Å². The van der Waals surface area contributed by atoms with Crippen molar-refractivity contribution in [1.82, 2.24) is 19.4 Å². The van der Waals surface area contributed by atoms with Gasteiger partial charge in [-0.2, -0.15) is 4.31 Å². The molecule has 1 fully saturated rings. The number of carbonyl (C=O) groups excluding carboxylic acids is 2. The van der Waals surface area contributed by atoms with E-state index in [1.807, 2.05) is 0 Å². The van der Waals surface area contributed by atoms with Crippen molar-refractivity contribution in [3.63, 3.8) is 0 Å². The Kier molecular flexibility index (Phi) is 8.53. The van der Waals surface area contributed by atoms with Gasteiger partial charge in [-0.1, -0.05) is 41.9 Å². The van der Waals surface area contributed by atoms with Crippen LogP contribution >= 0.6 is 11.6 Å². The topological polar surface area (TPSA) is 99.3 Å². The molecule has 9 nitrogen and oxygen atoms in total. The summed E-state index contributed by atoms with van der Waals surface area (Å²) in [5.41, 5.74) is 1.59. The highest BCUT2D eigenvalue weighted by atomic mass is 35.5. The maximum absolute atomic E-state index is 13.2. The Morgan fingerprint density at radius 3 is 2.43 bits per heavy atom. The minimum absolute atomic E-state index is 0.191. The van der Waals surface area contributed by atoms with Gasteiger partial charge in [0.15, 0.2) is 0 Å². The van der Waals surface area contributed by atoms with Gasteiger partial charge in [0.2, 0.25) is 10.0 Å². The minimum Gasteiger partial charge on any atom is -0.463 e. The van der Waals surface area contributed by atoms with Gasteiger partial charge in [0.05, 0.1) is 23.1 Å². The fraction of sp³-hybridized carbons (Fsp3) is 0.385. The van der Waals surface area contributed by atoms with Gasteiger partial charge >= 0.3 is 12.0 Å². The summed E-state index contributed by atoms with van der Waals surface area (Å²) >= 11 is 6.05. The van der Waals surface area contributed by atoms with E-state index in [2.05, 4.69) is 10.2 Å². The zero-order valence-corrected chi connectivity index (χ0v) is 22.5. The first kappa shape index (κ1) is 27.1. The lowest BCUT2D eigenvalue weighted by atomic mass is 9.94. The quantitative estimate of drug-likeness (QED) is 0.535. The molecular formula is C26H31ClN4O5S. The SMILES string of the molecule is CCOC(=O)C1=C(CN2CCCN(S(=O)(=O)c3ccccc3)CC2)N(C)C(=O)NC1c1ccc(Cl)cc1. The maximum atomic E-state index is 13.2. The van der Waals surface area contributed by atoms with Crippen molar-refractivity contribution in [2.75, 3.05) is 46.4 Å². The molecule has 2 amide bonds. The lowest BCUT2D eigenvalue weighted by Crippen LogP contribution is -2.49. The van der Waals surface area contributed by atoms with Crippen LogP contribution in [0, 0.1) is 0 Å². The summed E-state index contributed by atoms with van der Waals surface area (Å²) in [6.07, 6.45) is 0.616. The van der Waals surface area contributed by atoms with E-state index in [1.165, 1.54) is 9.21 Å². The van der Waals surface area contributed by atoms with Crippen LogP contribution in [0.1, 0.15) is 24.9 Å². The van der Waals surface area contributed by atoms with Crippen LogP contribution in [0.4, 0.5) is 4.79 Å². The maximum Gasteiger partial charge on any atom is 0.338 e. The largest absolute Gasteiger partial charge is 0.463 e. The molecule has 1 saturated heterocycles. The number of nitrogens with one attached hydrogen (secondary N) is 1. The van der Waals surface area contributed by atoms with Gasteiger partial charge in [0, 0.05) is 43.9 Å². The number of halogens is 1. The molecule has 198 valence electrons. The molecule has 37 heavy (non-hydrogen) atoms. The molecule has 0 bridgehead atoms. The highest BCUT2D eigenvalue weighted by molar-refractivity contribution is 7.89. The number of hydrogen-bond donors (Lipinski definition) is 1. The summed E-state index contributed by atoms with van der Waals surface area (Å²) < 4.78 is 33.2. The van der Waals surface area contributed by atoms with E-state index in [0.29, 0.717) is 61.0 Å². The molecule has 1 N–H and O–H groups in total. The van der Waals surface area contributed by atoms with Crippen molar-refractivity contribution < 1.29 is 22.7 Å². The monoisotopic (exact) mass is 546 g/mol. The lowest BCUT2D eigenvalue weighted by Gasteiger charge is -2.36. The van der Waals surface area contributed by atoms with Crippen LogP contribution in [0.5, 0.6) is 0 Å². The number of amides is 2. The Morgan fingerprint density at radius 2 is 1.76 bits per heavy atom. The van der Waals surface area contributed by atoms with Crippen LogP contribution in [0.3, 0.4) is 0 Å². The molecule has 0 saturated carbocycles. The zero-order chi connectivity index (χ0) is 26.6. The molecule has 2 aromatic rings. The van der Waals surface area contributed by atoms with Crippen LogP contribution in [0.15, 0.2) is 70.8 Å². The molecule has 1 unspecified atom stereocenters. The molecule has 0 aliphatic carbocycles. The van der Waals surface area contributed by atoms with Crippen LogP contribution < -0.4 is 5.32 Å². The van der Waals surface area contributed by atoms with Crippen LogP contribution in [-0.4, -0.2) is 80.9 Å². The Hall–Kier alpha value is -2.92. The van der Waals surface area contributed by atoms with E-state index in [-0.39, 0.29) is 17.5 Å². The second-order valence-corrected chi connectivity index (χ2v) is 11.3. The molecule has 2 aromatic carbocycles. The van der Waals surface area contributed by atoms with Crippen LogP contribution in [-0.2, 0) is 19.6 Å². The fourth-order valence-corrected chi connectivity index (χ4v) is 6.22. The Morgan fingerprint density at radius 1 is 1.05 bits per heavy atom. The molecule has 1 atom stereocenters. The number of hydrogen-bond acceptors (Lipinski definition) is 6. The highest BCUT2D eigenvalue weighted by Gasteiger charge is 2.38. The molecular weight excluding hydrogens is 516 g/mol. The molecule has 2 heterocycles. The number of ether oxygens (including phenoxy) is 1. The summed E-state index contributed by atoms with van der Waals surface area (Å²) in [6, 6.07) is 14.3. The third kappa shape index (κ3) is 5.98. The Balaban J connectivity index is 1.62. The summed E-state index contributed by atoms with van der Waals surface area (Å²) in [7, 11) is -1.99. The van der Waals surface area contributed by atoms with Crippen molar-refractivity contribution in [2.45, 2.75) is 24.3 Å². The number of sulfonamides is 1. The predicted octanol–water partition coefficient (Wildman–Crippen LogP) is 3.25. The van der Waals surface area contributed by atoms with Gasteiger partial charge in [0.1, 0.15) is 0 Å². The van der Waals surface area contributed by atoms with Gasteiger partial charge in [-0.15, -0.1) is 0 Å². The van der Waals surface area contributed by atoms with Gasteiger partial charge < -0.3 is 10.1 Å². The van der Waals surface area contributed by atoms with Crippen molar-refractivity contribution in [3.8, 4) is 0 Å². The zero-order valence-electron chi connectivity index (χ0n) is 20.9.